The summed E-state index contributed by atoms with van der Waals surface area (Å²) < 4.78 is 35.4. The first kappa shape index (κ1) is 18.8. The predicted octanol–water partition coefficient (Wildman–Crippen LogP) is 3.54. The number of carbonyl (C=O) groups is 1. The van der Waals surface area contributed by atoms with Crippen LogP contribution in [0.3, 0.4) is 0 Å². The van der Waals surface area contributed by atoms with Crippen LogP contribution in [0.25, 0.3) is 0 Å². The lowest BCUT2D eigenvalue weighted by atomic mass is 10.0. The van der Waals surface area contributed by atoms with Crippen molar-refractivity contribution in [2.24, 2.45) is 0 Å². The van der Waals surface area contributed by atoms with Gasteiger partial charge < -0.3 is 14.2 Å². The van der Waals surface area contributed by atoms with Crippen LogP contribution in [0.5, 0.6) is 11.5 Å². The third-order valence-electron chi connectivity index (χ3n) is 3.50. The van der Waals surface area contributed by atoms with Gasteiger partial charge in [0.25, 0.3) is 0 Å². The van der Waals surface area contributed by atoms with Crippen LogP contribution >= 0.6 is 0 Å². The average Bonchev–Trinajstić information content (AvgIpc) is 2.54. The van der Waals surface area contributed by atoms with E-state index in [0.717, 1.165) is 5.56 Å². The fourth-order valence-corrected chi connectivity index (χ4v) is 3.18. The van der Waals surface area contributed by atoms with E-state index in [0.29, 0.717) is 5.75 Å². The Morgan fingerprint density at radius 1 is 1.12 bits per heavy atom. The van der Waals surface area contributed by atoms with Crippen molar-refractivity contribution in [2.75, 3.05) is 12.4 Å². The number of anilines is 1. The third-order valence-corrected chi connectivity index (χ3v) is 4.74. The Balaban J connectivity index is 2.36. The Morgan fingerprint density at radius 2 is 1.84 bits per heavy atom. The molecule has 2 aromatic rings. The van der Waals surface area contributed by atoms with Crippen molar-refractivity contribution in [2.45, 2.75) is 31.6 Å². The van der Waals surface area contributed by atoms with E-state index in [4.69, 9.17) is 8.92 Å². The minimum atomic E-state index is -4.05. The molecule has 0 spiro atoms. The van der Waals surface area contributed by atoms with Gasteiger partial charge in [-0.15, -0.1) is 0 Å². The molecule has 0 saturated heterocycles. The van der Waals surface area contributed by atoms with Crippen LogP contribution < -0.4 is 14.2 Å². The van der Waals surface area contributed by atoms with E-state index in [1.54, 1.807) is 18.2 Å². The Hall–Kier alpha value is -2.54. The molecule has 134 valence electrons. The van der Waals surface area contributed by atoms with Gasteiger partial charge in [0.15, 0.2) is 0 Å². The highest BCUT2D eigenvalue weighted by atomic mass is 32.2. The second-order valence-electron chi connectivity index (χ2n) is 5.81. The number of methoxy groups -OCH3 is 1. The summed E-state index contributed by atoms with van der Waals surface area (Å²) in [5.74, 6) is 0.510. The molecule has 1 amide bonds. The molecular weight excluding hydrogens is 342 g/mol. The molecular formula is C18H21NO5S. The standard InChI is InChI=1S/C18H21NO5S/c1-12(2)14-6-5-7-15(10-14)24-25(21,22)16-8-9-18(23-4)17(11-16)19-13(3)20/h5-12H,1-4H3,(H,19,20). The zero-order valence-electron chi connectivity index (χ0n) is 14.6. The molecule has 0 aromatic heterocycles. The molecule has 7 heteroatoms. The molecule has 0 radical (unpaired) electrons. The van der Waals surface area contributed by atoms with Gasteiger partial charge in [0.1, 0.15) is 16.4 Å². The van der Waals surface area contributed by atoms with Crippen LogP contribution in [0, 0.1) is 0 Å². The number of hydrogen-bond donors (Lipinski definition) is 1. The predicted molar refractivity (Wildman–Crippen MR) is 95.6 cm³/mol. The molecule has 0 saturated carbocycles. The van der Waals surface area contributed by atoms with Crippen LogP contribution in [0.4, 0.5) is 5.69 Å². The van der Waals surface area contributed by atoms with E-state index < -0.39 is 10.1 Å². The van der Waals surface area contributed by atoms with E-state index in [1.807, 2.05) is 19.9 Å². The van der Waals surface area contributed by atoms with Crippen molar-refractivity contribution < 1.29 is 22.1 Å². The highest BCUT2D eigenvalue weighted by molar-refractivity contribution is 7.87. The summed E-state index contributed by atoms with van der Waals surface area (Å²) in [6.45, 7) is 5.35. The Kier molecular flexibility index (Phi) is 5.69. The van der Waals surface area contributed by atoms with E-state index >= 15 is 0 Å². The summed E-state index contributed by atoms with van der Waals surface area (Å²) >= 11 is 0. The van der Waals surface area contributed by atoms with E-state index in [2.05, 4.69) is 5.32 Å². The Bertz CT molecular complexity index is 875. The Morgan fingerprint density at radius 3 is 2.44 bits per heavy atom. The number of nitrogens with one attached hydrogen (secondary N) is 1. The lowest BCUT2D eigenvalue weighted by Gasteiger charge is -2.13. The first-order valence-corrected chi connectivity index (χ1v) is 9.14. The highest BCUT2D eigenvalue weighted by Crippen LogP contribution is 2.29. The van der Waals surface area contributed by atoms with Crippen molar-refractivity contribution in [1.82, 2.24) is 0 Å². The van der Waals surface area contributed by atoms with Gasteiger partial charge in [0.2, 0.25) is 5.91 Å². The lowest BCUT2D eigenvalue weighted by Crippen LogP contribution is -2.12. The fourth-order valence-electron chi connectivity index (χ4n) is 2.23. The van der Waals surface area contributed by atoms with Crippen molar-refractivity contribution in [3.8, 4) is 11.5 Å². The van der Waals surface area contributed by atoms with Gasteiger partial charge in [-0.05, 0) is 41.8 Å². The number of ether oxygens (including phenoxy) is 1. The molecule has 2 aromatic carbocycles. The molecule has 0 fully saturated rings. The smallest absolute Gasteiger partial charge is 0.339 e. The summed E-state index contributed by atoms with van der Waals surface area (Å²) in [4.78, 5) is 11.2. The van der Waals surface area contributed by atoms with Crippen molar-refractivity contribution >= 4 is 21.7 Å². The topological polar surface area (TPSA) is 81.7 Å². The molecule has 0 aliphatic carbocycles. The number of hydrogen-bond acceptors (Lipinski definition) is 5. The monoisotopic (exact) mass is 363 g/mol. The summed E-state index contributed by atoms with van der Waals surface area (Å²) in [6, 6.07) is 11.1. The number of benzene rings is 2. The summed E-state index contributed by atoms with van der Waals surface area (Å²) in [6.07, 6.45) is 0. The molecule has 2 rings (SSSR count). The molecule has 0 bridgehead atoms. The van der Waals surface area contributed by atoms with E-state index in [-0.39, 0.29) is 28.2 Å². The highest BCUT2D eigenvalue weighted by Gasteiger charge is 2.19. The first-order valence-electron chi connectivity index (χ1n) is 7.73. The Labute approximate surface area is 147 Å². The lowest BCUT2D eigenvalue weighted by molar-refractivity contribution is -0.114. The maximum absolute atomic E-state index is 12.5. The first-order chi connectivity index (χ1) is 11.7. The van der Waals surface area contributed by atoms with Crippen LogP contribution in [0.1, 0.15) is 32.3 Å². The van der Waals surface area contributed by atoms with Gasteiger partial charge in [0.05, 0.1) is 12.8 Å². The number of rotatable bonds is 6. The summed E-state index contributed by atoms with van der Waals surface area (Å²) in [7, 11) is -2.61. The zero-order valence-corrected chi connectivity index (χ0v) is 15.4. The molecule has 1 N–H and O–H groups in total. The van der Waals surface area contributed by atoms with Crippen LogP contribution in [-0.2, 0) is 14.9 Å². The molecule has 0 unspecified atom stereocenters. The minimum Gasteiger partial charge on any atom is -0.495 e. The van der Waals surface area contributed by atoms with Gasteiger partial charge in [-0.25, -0.2) is 0 Å². The summed E-state index contributed by atoms with van der Waals surface area (Å²) in [5.41, 5.74) is 1.23. The molecule has 0 heterocycles. The minimum absolute atomic E-state index is 0.0769. The molecule has 6 nitrogen and oxygen atoms in total. The number of amides is 1. The second-order valence-corrected chi connectivity index (χ2v) is 7.35. The van der Waals surface area contributed by atoms with Gasteiger partial charge in [-0.1, -0.05) is 26.0 Å². The zero-order chi connectivity index (χ0) is 18.6. The normalized spacial score (nSPS) is 11.2. The molecule has 0 aliphatic heterocycles. The van der Waals surface area contributed by atoms with Crippen molar-refractivity contribution in [3.63, 3.8) is 0 Å². The quantitative estimate of drug-likeness (QED) is 0.794. The summed E-state index contributed by atoms with van der Waals surface area (Å²) in [5, 5.41) is 2.54. The van der Waals surface area contributed by atoms with Crippen LogP contribution in [0.15, 0.2) is 47.4 Å². The van der Waals surface area contributed by atoms with Gasteiger partial charge in [-0.2, -0.15) is 8.42 Å². The number of carbonyl (C=O) groups excluding carboxylic acids is 1. The van der Waals surface area contributed by atoms with Crippen LogP contribution in [-0.4, -0.2) is 21.4 Å². The SMILES string of the molecule is COc1ccc(S(=O)(=O)Oc2cccc(C(C)C)c2)cc1NC(C)=O. The maximum Gasteiger partial charge on any atom is 0.339 e. The fraction of sp³-hybridized carbons (Fsp3) is 0.278. The average molecular weight is 363 g/mol. The van der Waals surface area contributed by atoms with Gasteiger partial charge in [0, 0.05) is 6.92 Å². The van der Waals surface area contributed by atoms with Crippen molar-refractivity contribution in [3.05, 3.63) is 48.0 Å². The largest absolute Gasteiger partial charge is 0.495 e. The molecule has 25 heavy (non-hydrogen) atoms. The van der Waals surface area contributed by atoms with Gasteiger partial charge >= 0.3 is 10.1 Å². The van der Waals surface area contributed by atoms with Crippen molar-refractivity contribution in [1.29, 1.82) is 0 Å². The second kappa shape index (κ2) is 7.57. The molecule has 0 aliphatic rings. The van der Waals surface area contributed by atoms with E-state index in [1.165, 1.54) is 32.2 Å². The molecule has 0 atom stereocenters. The maximum atomic E-state index is 12.5. The van der Waals surface area contributed by atoms with E-state index in [9.17, 15) is 13.2 Å². The van der Waals surface area contributed by atoms with Crippen LogP contribution in [0.2, 0.25) is 0 Å². The third kappa shape index (κ3) is 4.73. The van der Waals surface area contributed by atoms with Gasteiger partial charge in [-0.3, -0.25) is 4.79 Å².